The summed E-state index contributed by atoms with van der Waals surface area (Å²) in [5.41, 5.74) is 1.93. The normalized spacial score (nSPS) is 13.7. The quantitative estimate of drug-likeness (QED) is 0.837. The third-order valence-corrected chi connectivity index (χ3v) is 4.26. The Morgan fingerprint density at radius 2 is 1.44 bits per heavy atom. The molecule has 2 amide bonds. The number of carbonyl (C=O) groups is 3. The fourth-order valence-corrected chi connectivity index (χ4v) is 2.72. The second kappa shape index (κ2) is 8.46. The van der Waals surface area contributed by atoms with Crippen molar-refractivity contribution >= 4 is 23.5 Å². The molecule has 0 unspecified atom stereocenters. The van der Waals surface area contributed by atoms with Crippen LogP contribution in [0.1, 0.15) is 31.1 Å². The summed E-state index contributed by atoms with van der Waals surface area (Å²) >= 11 is 0. The van der Waals surface area contributed by atoms with Crippen molar-refractivity contribution in [2.45, 2.75) is 0 Å². The van der Waals surface area contributed by atoms with E-state index in [1.54, 1.807) is 53.4 Å². The van der Waals surface area contributed by atoms with E-state index in [9.17, 15) is 14.4 Å². The van der Waals surface area contributed by atoms with E-state index in [-0.39, 0.29) is 11.8 Å². The van der Waals surface area contributed by atoms with Gasteiger partial charge in [0.1, 0.15) is 0 Å². The number of hydrogen-bond acceptors (Lipinski definition) is 5. The monoisotopic (exact) mass is 368 g/mol. The highest BCUT2D eigenvalue weighted by molar-refractivity contribution is 6.05. The molecule has 0 saturated carbocycles. The first-order chi connectivity index (χ1) is 13.1. The standard InChI is InChI=1S/C20H20N2O5/c1-26-20(25)16-6-8-17(9-7-16)21-18(23)14-2-4-15(5-3-14)19(24)22-10-12-27-13-11-22/h2-9H,10-13H2,1H3,(H,21,23). The third-order valence-electron chi connectivity index (χ3n) is 4.26. The van der Waals surface area contributed by atoms with Gasteiger partial charge in [0.25, 0.3) is 11.8 Å². The molecule has 1 fully saturated rings. The molecular weight excluding hydrogens is 348 g/mol. The molecular formula is C20H20N2O5. The number of ether oxygens (including phenoxy) is 2. The van der Waals surface area contributed by atoms with Gasteiger partial charge in [0.2, 0.25) is 0 Å². The van der Waals surface area contributed by atoms with E-state index in [0.29, 0.717) is 48.7 Å². The summed E-state index contributed by atoms with van der Waals surface area (Å²) in [6, 6.07) is 12.9. The molecule has 27 heavy (non-hydrogen) atoms. The Morgan fingerprint density at radius 1 is 0.889 bits per heavy atom. The van der Waals surface area contributed by atoms with Gasteiger partial charge in [0.15, 0.2) is 0 Å². The van der Waals surface area contributed by atoms with Crippen LogP contribution in [0, 0.1) is 0 Å². The van der Waals surface area contributed by atoms with Crippen LogP contribution >= 0.6 is 0 Å². The molecule has 0 spiro atoms. The summed E-state index contributed by atoms with van der Waals surface area (Å²) in [6.45, 7) is 2.23. The van der Waals surface area contributed by atoms with E-state index in [1.165, 1.54) is 7.11 Å². The van der Waals surface area contributed by atoms with E-state index in [2.05, 4.69) is 10.1 Å². The van der Waals surface area contributed by atoms with Gasteiger partial charge in [-0.15, -0.1) is 0 Å². The van der Waals surface area contributed by atoms with Crippen molar-refractivity contribution < 1.29 is 23.9 Å². The molecule has 2 aromatic carbocycles. The third kappa shape index (κ3) is 4.51. The molecule has 0 aliphatic carbocycles. The fraction of sp³-hybridized carbons (Fsp3) is 0.250. The molecule has 0 bridgehead atoms. The average Bonchev–Trinajstić information content (AvgIpc) is 2.74. The number of hydrogen-bond donors (Lipinski definition) is 1. The van der Waals surface area contributed by atoms with Gasteiger partial charge in [0.05, 0.1) is 25.9 Å². The minimum atomic E-state index is -0.437. The lowest BCUT2D eigenvalue weighted by Gasteiger charge is -2.26. The highest BCUT2D eigenvalue weighted by Crippen LogP contribution is 2.14. The van der Waals surface area contributed by atoms with Crippen molar-refractivity contribution in [3.63, 3.8) is 0 Å². The summed E-state index contributed by atoms with van der Waals surface area (Å²) in [5.74, 6) is -0.803. The van der Waals surface area contributed by atoms with Crippen molar-refractivity contribution in [2.24, 2.45) is 0 Å². The van der Waals surface area contributed by atoms with Crippen LogP contribution < -0.4 is 5.32 Å². The summed E-state index contributed by atoms with van der Waals surface area (Å²) in [6.07, 6.45) is 0. The average molecular weight is 368 g/mol. The number of anilines is 1. The molecule has 1 saturated heterocycles. The number of nitrogens with zero attached hydrogens (tertiary/aromatic N) is 1. The molecule has 7 heteroatoms. The Morgan fingerprint density at radius 3 is 2.04 bits per heavy atom. The number of carbonyl (C=O) groups excluding carboxylic acids is 3. The zero-order chi connectivity index (χ0) is 19.2. The number of nitrogens with one attached hydrogen (secondary N) is 1. The summed E-state index contributed by atoms with van der Waals surface area (Å²) in [5, 5.41) is 2.75. The zero-order valence-corrected chi connectivity index (χ0v) is 14.9. The largest absolute Gasteiger partial charge is 0.465 e. The molecule has 2 aromatic rings. The zero-order valence-electron chi connectivity index (χ0n) is 14.9. The first-order valence-electron chi connectivity index (χ1n) is 8.55. The highest BCUT2D eigenvalue weighted by atomic mass is 16.5. The number of morpholine rings is 1. The summed E-state index contributed by atoms with van der Waals surface area (Å²) < 4.78 is 9.88. The highest BCUT2D eigenvalue weighted by Gasteiger charge is 2.18. The molecule has 0 radical (unpaired) electrons. The lowest BCUT2D eigenvalue weighted by molar-refractivity contribution is 0.0303. The van der Waals surface area contributed by atoms with Gasteiger partial charge in [-0.1, -0.05) is 0 Å². The van der Waals surface area contributed by atoms with E-state index in [0.717, 1.165) is 0 Å². The summed E-state index contributed by atoms with van der Waals surface area (Å²) in [7, 11) is 1.31. The molecule has 1 heterocycles. The van der Waals surface area contributed by atoms with Crippen LogP contribution in [0.15, 0.2) is 48.5 Å². The number of benzene rings is 2. The first kappa shape index (κ1) is 18.6. The Balaban J connectivity index is 1.63. The minimum Gasteiger partial charge on any atom is -0.465 e. The van der Waals surface area contributed by atoms with E-state index < -0.39 is 5.97 Å². The van der Waals surface area contributed by atoms with Crippen LogP contribution in [0.4, 0.5) is 5.69 Å². The lowest BCUT2D eigenvalue weighted by atomic mass is 10.1. The van der Waals surface area contributed by atoms with Gasteiger partial charge in [-0.25, -0.2) is 4.79 Å². The maximum Gasteiger partial charge on any atom is 0.337 e. The smallest absolute Gasteiger partial charge is 0.337 e. The van der Waals surface area contributed by atoms with Crippen molar-refractivity contribution in [3.8, 4) is 0 Å². The number of amides is 2. The Hall–Kier alpha value is -3.19. The molecule has 1 N–H and O–H groups in total. The van der Waals surface area contributed by atoms with Gasteiger partial charge in [-0.3, -0.25) is 9.59 Å². The molecule has 0 atom stereocenters. The van der Waals surface area contributed by atoms with Crippen molar-refractivity contribution in [1.29, 1.82) is 0 Å². The van der Waals surface area contributed by atoms with Crippen molar-refractivity contribution in [2.75, 3.05) is 38.7 Å². The van der Waals surface area contributed by atoms with Crippen LogP contribution in [0.5, 0.6) is 0 Å². The molecule has 1 aliphatic rings. The molecule has 3 rings (SSSR count). The van der Waals surface area contributed by atoms with E-state index in [4.69, 9.17) is 4.74 Å². The maximum absolute atomic E-state index is 12.4. The fourth-order valence-electron chi connectivity index (χ4n) is 2.72. The van der Waals surface area contributed by atoms with Crippen LogP contribution in [0.2, 0.25) is 0 Å². The van der Waals surface area contributed by atoms with Crippen LogP contribution in [0.3, 0.4) is 0 Å². The minimum absolute atomic E-state index is 0.0661. The second-order valence-electron chi connectivity index (χ2n) is 6.00. The Labute approximate surface area is 156 Å². The Kier molecular flexibility index (Phi) is 5.83. The molecule has 0 aromatic heterocycles. The molecule has 1 aliphatic heterocycles. The number of esters is 1. The van der Waals surface area contributed by atoms with Gasteiger partial charge in [0, 0.05) is 29.9 Å². The summed E-state index contributed by atoms with van der Waals surface area (Å²) in [4.78, 5) is 37.9. The lowest BCUT2D eigenvalue weighted by Crippen LogP contribution is -2.40. The SMILES string of the molecule is COC(=O)c1ccc(NC(=O)c2ccc(C(=O)N3CCOCC3)cc2)cc1. The van der Waals surface area contributed by atoms with Crippen molar-refractivity contribution in [1.82, 2.24) is 4.90 Å². The first-order valence-corrected chi connectivity index (χ1v) is 8.55. The van der Waals surface area contributed by atoms with Gasteiger partial charge < -0.3 is 19.7 Å². The molecule has 140 valence electrons. The van der Waals surface area contributed by atoms with E-state index in [1.807, 2.05) is 0 Å². The topological polar surface area (TPSA) is 84.9 Å². The van der Waals surface area contributed by atoms with Gasteiger partial charge in [-0.05, 0) is 48.5 Å². The Bertz CT molecular complexity index is 824. The second-order valence-corrected chi connectivity index (χ2v) is 6.00. The van der Waals surface area contributed by atoms with Crippen molar-refractivity contribution in [3.05, 3.63) is 65.2 Å². The predicted octanol–water partition coefficient (Wildman–Crippen LogP) is 2.20. The number of methoxy groups -OCH3 is 1. The maximum atomic E-state index is 12.4. The van der Waals surface area contributed by atoms with Crippen LogP contribution in [-0.2, 0) is 9.47 Å². The van der Waals surface area contributed by atoms with Crippen LogP contribution in [0.25, 0.3) is 0 Å². The van der Waals surface area contributed by atoms with E-state index >= 15 is 0 Å². The molecule has 7 nitrogen and oxygen atoms in total. The predicted molar refractivity (Wildman–Crippen MR) is 98.9 cm³/mol. The number of rotatable bonds is 4. The van der Waals surface area contributed by atoms with Gasteiger partial charge >= 0.3 is 5.97 Å². The van der Waals surface area contributed by atoms with Gasteiger partial charge in [-0.2, -0.15) is 0 Å². The van der Waals surface area contributed by atoms with Crippen LogP contribution in [-0.4, -0.2) is 56.1 Å².